The molecule has 0 saturated heterocycles. The quantitative estimate of drug-likeness (QED) is 0.815. The fourth-order valence-electron chi connectivity index (χ4n) is 1.99. The first kappa shape index (κ1) is 11.6. The second-order valence-corrected chi connectivity index (χ2v) is 4.92. The van der Waals surface area contributed by atoms with E-state index in [4.69, 9.17) is 0 Å². The van der Waals surface area contributed by atoms with E-state index in [1.54, 1.807) is 0 Å². The van der Waals surface area contributed by atoms with Crippen molar-refractivity contribution in [3.63, 3.8) is 0 Å². The van der Waals surface area contributed by atoms with Crippen LogP contribution in [0.15, 0.2) is 36.4 Å². The standard InChI is InChI=1S/C13H13NS.ClH/c1-2-4-12-11(3-1)9-13(15-12)10-5-7-14-8-6-10;/h1-5,9,14H,6-8H2;1H. The summed E-state index contributed by atoms with van der Waals surface area (Å²) >= 11 is 1.91. The van der Waals surface area contributed by atoms with Crippen LogP contribution < -0.4 is 5.32 Å². The molecule has 3 heteroatoms. The zero-order chi connectivity index (χ0) is 10.1. The van der Waals surface area contributed by atoms with E-state index in [-0.39, 0.29) is 12.4 Å². The van der Waals surface area contributed by atoms with Gasteiger partial charge in [0.2, 0.25) is 0 Å². The highest BCUT2D eigenvalue weighted by atomic mass is 35.5. The van der Waals surface area contributed by atoms with Crippen molar-refractivity contribution in [1.29, 1.82) is 0 Å². The van der Waals surface area contributed by atoms with Gasteiger partial charge in [0.25, 0.3) is 0 Å². The summed E-state index contributed by atoms with van der Waals surface area (Å²) in [7, 11) is 0. The number of thiophene rings is 1. The fourth-order valence-corrected chi connectivity index (χ4v) is 3.12. The molecular formula is C13H14ClNS. The molecule has 0 fully saturated rings. The average Bonchev–Trinajstić information content (AvgIpc) is 2.74. The minimum Gasteiger partial charge on any atom is -0.313 e. The molecule has 0 bridgehead atoms. The Morgan fingerprint density at radius 3 is 2.81 bits per heavy atom. The van der Waals surface area contributed by atoms with Crippen LogP contribution in [-0.4, -0.2) is 13.1 Å². The molecule has 1 nitrogen and oxygen atoms in total. The maximum Gasteiger partial charge on any atom is 0.0349 e. The molecule has 1 aromatic carbocycles. The van der Waals surface area contributed by atoms with Gasteiger partial charge in [0.1, 0.15) is 0 Å². The van der Waals surface area contributed by atoms with Gasteiger partial charge >= 0.3 is 0 Å². The Balaban J connectivity index is 0.000000963. The van der Waals surface area contributed by atoms with Gasteiger partial charge in [-0.1, -0.05) is 24.3 Å². The molecule has 1 aromatic heterocycles. The van der Waals surface area contributed by atoms with Gasteiger partial charge < -0.3 is 5.32 Å². The van der Waals surface area contributed by atoms with Gasteiger partial charge in [-0.3, -0.25) is 0 Å². The monoisotopic (exact) mass is 251 g/mol. The molecule has 84 valence electrons. The van der Waals surface area contributed by atoms with Gasteiger partial charge in [-0.05, 0) is 36.1 Å². The van der Waals surface area contributed by atoms with Crippen molar-refractivity contribution in [1.82, 2.24) is 5.32 Å². The number of hydrogen-bond donors (Lipinski definition) is 1. The van der Waals surface area contributed by atoms with E-state index in [1.807, 2.05) is 11.3 Å². The summed E-state index contributed by atoms with van der Waals surface area (Å²) in [6.07, 6.45) is 3.47. The molecule has 1 N–H and O–H groups in total. The zero-order valence-electron chi connectivity index (χ0n) is 8.90. The molecule has 16 heavy (non-hydrogen) atoms. The largest absolute Gasteiger partial charge is 0.313 e. The molecule has 0 spiro atoms. The van der Waals surface area contributed by atoms with Crippen LogP contribution in [0.25, 0.3) is 15.7 Å². The summed E-state index contributed by atoms with van der Waals surface area (Å²) in [5, 5.41) is 4.72. The number of benzene rings is 1. The normalized spacial score (nSPS) is 15.6. The molecule has 0 radical (unpaired) electrons. The van der Waals surface area contributed by atoms with Crippen molar-refractivity contribution in [3.05, 3.63) is 41.3 Å². The first-order valence-electron chi connectivity index (χ1n) is 5.32. The van der Waals surface area contributed by atoms with Crippen molar-refractivity contribution in [2.45, 2.75) is 6.42 Å². The van der Waals surface area contributed by atoms with Crippen LogP contribution in [-0.2, 0) is 0 Å². The Hall–Kier alpha value is -0.830. The number of halogens is 1. The summed E-state index contributed by atoms with van der Waals surface area (Å²) < 4.78 is 1.40. The minimum absolute atomic E-state index is 0. The van der Waals surface area contributed by atoms with Crippen molar-refractivity contribution >= 4 is 39.4 Å². The molecule has 1 aliphatic rings. The number of fused-ring (bicyclic) bond motifs is 1. The molecule has 3 rings (SSSR count). The maximum atomic E-state index is 3.35. The van der Waals surface area contributed by atoms with E-state index in [9.17, 15) is 0 Å². The average molecular weight is 252 g/mol. The van der Waals surface area contributed by atoms with E-state index in [0.29, 0.717) is 0 Å². The lowest BCUT2D eigenvalue weighted by Gasteiger charge is -2.11. The molecule has 1 aliphatic heterocycles. The topological polar surface area (TPSA) is 12.0 Å². The lowest BCUT2D eigenvalue weighted by atomic mass is 10.1. The Labute approximate surface area is 106 Å². The predicted molar refractivity (Wildman–Crippen MR) is 74.5 cm³/mol. The third kappa shape index (κ3) is 2.14. The van der Waals surface area contributed by atoms with E-state index in [1.165, 1.54) is 20.5 Å². The van der Waals surface area contributed by atoms with Gasteiger partial charge in [0.15, 0.2) is 0 Å². The molecule has 0 atom stereocenters. The van der Waals surface area contributed by atoms with Crippen LogP contribution in [0.3, 0.4) is 0 Å². The zero-order valence-corrected chi connectivity index (χ0v) is 10.5. The SMILES string of the molecule is C1=C(c2cc3ccccc3s2)CCNC1.Cl. The van der Waals surface area contributed by atoms with Crippen LogP contribution in [0.1, 0.15) is 11.3 Å². The second kappa shape index (κ2) is 5.00. The fraction of sp³-hybridized carbons (Fsp3) is 0.231. The van der Waals surface area contributed by atoms with Crippen LogP contribution in [0, 0.1) is 0 Å². The lowest BCUT2D eigenvalue weighted by molar-refractivity contribution is 0.739. The Bertz CT molecular complexity index is 482. The Kier molecular flexibility index (Phi) is 3.64. The summed E-state index contributed by atoms with van der Waals surface area (Å²) in [4.78, 5) is 1.44. The van der Waals surface area contributed by atoms with Crippen molar-refractivity contribution < 1.29 is 0 Å². The van der Waals surface area contributed by atoms with E-state index >= 15 is 0 Å². The van der Waals surface area contributed by atoms with Gasteiger partial charge in [-0.25, -0.2) is 0 Å². The first-order valence-corrected chi connectivity index (χ1v) is 6.14. The third-order valence-corrected chi connectivity index (χ3v) is 4.00. The molecule has 2 heterocycles. The van der Waals surface area contributed by atoms with Crippen molar-refractivity contribution in [2.75, 3.05) is 13.1 Å². The lowest BCUT2D eigenvalue weighted by Crippen LogP contribution is -2.19. The predicted octanol–water partition coefficient (Wildman–Crippen LogP) is 3.70. The van der Waals surface area contributed by atoms with Gasteiger partial charge in [0, 0.05) is 16.1 Å². The number of nitrogens with one attached hydrogen (secondary N) is 1. The van der Waals surface area contributed by atoms with E-state index < -0.39 is 0 Å². The maximum absolute atomic E-state index is 3.35. The molecule has 2 aromatic rings. The Morgan fingerprint density at radius 1 is 1.19 bits per heavy atom. The third-order valence-electron chi connectivity index (χ3n) is 2.81. The summed E-state index contributed by atoms with van der Waals surface area (Å²) in [6, 6.07) is 10.9. The molecule has 0 aliphatic carbocycles. The molecular weight excluding hydrogens is 238 g/mol. The van der Waals surface area contributed by atoms with Crippen LogP contribution >= 0.6 is 23.7 Å². The minimum atomic E-state index is 0. The van der Waals surface area contributed by atoms with Crippen LogP contribution in [0.5, 0.6) is 0 Å². The summed E-state index contributed by atoms with van der Waals surface area (Å²) in [6.45, 7) is 2.13. The summed E-state index contributed by atoms with van der Waals surface area (Å²) in [5.41, 5.74) is 1.51. The van der Waals surface area contributed by atoms with E-state index in [2.05, 4.69) is 41.7 Å². The molecule has 0 unspecified atom stereocenters. The van der Waals surface area contributed by atoms with Gasteiger partial charge in [-0.15, -0.1) is 23.7 Å². The second-order valence-electron chi connectivity index (χ2n) is 3.83. The van der Waals surface area contributed by atoms with Crippen molar-refractivity contribution in [3.8, 4) is 0 Å². The first-order chi connectivity index (χ1) is 7.43. The number of hydrogen-bond acceptors (Lipinski definition) is 2. The van der Waals surface area contributed by atoms with E-state index in [0.717, 1.165) is 19.5 Å². The van der Waals surface area contributed by atoms with Gasteiger partial charge in [0.05, 0.1) is 0 Å². The molecule has 0 amide bonds. The summed E-state index contributed by atoms with van der Waals surface area (Å²) in [5.74, 6) is 0. The molecule has 0 saturated carbocycles. The smallest absolute Gasteiger partial charge is 0.0349 e. The highest BCUT2D eigenvalue weighted by molar-refractivity contribution is 7.20. The highest BCUT2D eigenvalue weighted by Gasteiger charge is 2.08. The van der Waals surface area contributed by atoms with Crippen molar-refractivity contribution in [2.24, 2.45) is 0 Å². The van der Waals surface area contributed by atoms with Crippen LogP contribution in [0.2, 0.25) is 0 Å². The number of rotatable bonds is 1. The van der Waals surface area contributed by atoms with Gasteiger partial charge in [-0.2, -0.15) is 0 Å². The van der Waals surface area contributed by atoms with Crippen LogP contribution in [0.4, 0.5) is 0 Å². The Morgan fingerprint density at radius 2 is 2.06 bits per heavy atom. The highest BCUT2D eigenvalue weighted by Crippen LogP contribution is 2.32.